The molecule has 5 fully saturated rings. The molecule has 338 valence electrons. The lowest BCUT2D eigenvalue weighted by atomic mass is 9.63. The number of hydrogen-bond donors (Lipinski definition) is 2. The van der Waals surface area contributed by atoms with Gasteiger partial charge in [-0.2, -0.15) is 4.98 Å². The Balaban J connectivity index is 0.725. The van der Waals surface area contributed by atoms with E-state index >= 15 is 4.39 Å². The molecule has 5 aliphatic rings. The van der Waals surface area contributed by atoms with E-state index in [1.807, 2.05) is 18.7 Å². The molecule has 15 nitrogen and oxygen atoms in total. The monoisotopic (exact) mass is 913 g/mol. The van der Waals surface area contributed by atoms with Crippen molar-refractivity contribution in [2.75, 3.05) is 42.9 Å². The molecule has 0 radical (unpaired) electrons. The quantitative estimate of drug-likeness (QED) is 0.154. The molecular formula is C46H53ClFN9O6S. The third-order valence-corrected chi connectivity index (χ3v) is 17.4. The smallest absolute Gasteiger partial charge is 0.329 e. The van der Waals surface area contributed by atoms with E-state index in [4.69, 9.17) is 16.6 Å². The minimum Gasteiger partial charge on any atom is -0.369 e. The Morgan fingerprint density at radius 3 is 2.41 bits per heavy atom. The highest BCUT2D eigenvalue weighted by Crippen LogP contribution is 2.53. The number of carbonyl (C=O) groups is 2. The molecule has 2 amide bonds. The van der Waals surface area contributed by atoms with Crippen molar-refractivity contribution in [1.29, 1.82) is 0 Å². The van der Waals surface area contributed by atoms with E-state index in [0.29, 0.717) is 76.5 Å². The Labute approximate surface area is 374 Å². The summed E-state index contributed by atoms with van der Waals surface area (Å²) in [7, 11) is -2.03. The zero-order valence-electron chi connectivity index (χ0n) is 36.3. The highest BCUT2D eigenvalue weighted by molar-refractivity contribution is 7.92. The van der Waals surface area contributed by atoms with Crippen LogP contribution in [0.25, 0.3) is 22.1 Å². The predicted molar refractivity (Wildman–Crippen MR) is 243 cm³/mol. The zero-order chi connectivity index (χ0) is 44.8. The molecule has 1 unspecified atom stereocenters. The number of rotatable bonds is 10. The summed E-state index contributed by atoms with van der Waals surface area (Å²) in [5, 5.41) is 5.93. The van der Waals surface area contributed by atoms with Crippen LogP contribution in [-0.2, 0) is 26.5 Å². The minimum absolute atomic E-state index is 0.0387. The lowest BCUT2D eigenvalue weighted by Crippen LogP contribution is -2.52. The van der Waals surface area contributed by atoms with Crippen molar-refractivity contribution in [1.82, 2.24) is 33.9 Å². The van der Waals surface area contributed by atoms with E-state index in [1.54, 1.807) is 47.2 Å². The van der Waals surface area contributed by atoms with Crippen LogP contribution in [0.1, 0.15) is 88.8 Å². The van der Waals surface area contributed by atoms with Crippen LogP contribution in [0.4, 0.5) is 21.7 Å². The van der Waals surface area contributed by atoms with Crippen LogP contribution in [0.5, 0.6) is 0 Å². The average Bonchev–Trinajstić information content (AvgIpc) is 4.08. The molecular weight excluding hydrogens is 861 g/mol. The number of likely N-dealkylation sites (tertiary alicyclic amines) is 1. The molecule has 6 heterocycles. The van der Waals surface area contributed by atoms with E-state index in [2.05, 4.69) is 20.5 Å². The number of aryl methyl sites for hydroxylation is 2. The number of sulfone groups is 1. The van der Waals surface area contributed by atoms with Gasteiger partial charge in [0.15, 0.2) is 15.7 Å². The fourth-order valence-corrected chi connectivity index (χ4v) is 13.3. The van der Waals surface area contributed by atoms with Crippen LogP contribution in [0, 0.1) is 30.0 Å². The van der Waals surface area contributed by atoms with Crippen LogP contribution in [0.15, 0.2) is 57.1 Å². The Morgan fingerprint density at radius 1 is 0.984 bits per heavy atom. The molecule has 64 heavy (non-hydrogen) atoms. The first-order valence-corrected chi connectivity index (χ1v) is 24.4. The predicted octanol–water partition coefficient (Wildman–Crippen LogP) is 6.17. The lowest BCUT2D eigenvalue weighted by Gasteiger charge is -2.52. The third-order valence-electron chi connectivity index (χ3n) is 15.0. The van der Waals surface area contributed by atoms with Crippen molar-refractivity contribution in [3.05, 3.63) is 79.8 Å². The molecule has 2 atom stereocenters. The number of imide groups is 1. The van der Waals surface area contributed by atoms with Gasteiger partial charge in [-0.25, -0.2) is 22.6 Å². The first-order valence-electron chi connectivity index (χ1n) is 22.5. The molecule has 5 aromatic rings. The largest absolute Gasteiger partial charge is 0.369 e. The number of aromatic nitrogens is 5. The summed E-state index contributed by atoms with van der Waals surface area (Å²) < 4.78 is 48.3. The lowest BCUT2D eigenvalue weighted by molar-refractivity contribution is -0.135. The van der Waals surface area contributed by atoms with Crippen molar-refractivity contribution in [3.63, 3.8) is 0 Å². The Morgan fingerprint density at radius 2 is 1.72 bits per heavy atom. The number of hydrogen-bond acceptors (Lipinski definition) is 11. The summed E-state index contributed by atoms with van der Waals surface area (Å²) in [5.41, 5.74) is 2.14. The summed E-state index contributed by atoms with van der Waals surface area (Å²) in [6.07, 6.45) is 9.12. The van der Waals surface area contributed by atoms with Crippen molar-refractivity contribution in [2.24, 2.45) is 24.3 Å². The van der Waals surface area contributed by atoms with Gasteiger partial charge in [0, 0.05) is 56.4 Å². The number of fused-ring (bicyclic) bond motifs is 2. The van der Waals surface area contributed by atoms with Crippen molar-refractivity contribution >= 4 is 72.6 Å². The molecule has 2 saturated carbocycles. The Kier molecular flexibility index (Phi) is 10.8. The van der Waals surface area contributed by atoms with Crippen molar-refractivity contribution in [3.8, 4) is 0 Å². The second-order valence-electron chi connectivity index (χ2n) is 19.1. The molecule has 18 heteroatoms. The second kappa shape index (κ2) is 16.1. The summed E-state index contributed by atoms with van der Waals surface area (Å²) in [6, 6.07) is 9.22. The summed E-state index contributed by atoms with van der Waals surface area (Å²) in [6.45, 7) is 8.05. The second-order valence-corrected chi connectivity index (χ2v) is 21.7. The van der Waals surface area contributed by atoms with Gasteiger partial charge in [-0.15, -0.1) is 0 Å². The molecule has 1 spiro atoms. The van der Waals surface area contributed by atoms with Gasteiger partial charge in [0.25, 0.3) is 5.56 Å². The molecule has 3 saturated heterocycles. The van der Waals surface area contributed by atoms with Gasteiger partial charge in [0.05, 0.1) is 21.3 Å². The number of carbonyl (C=O) groups excluding carboxylic acids is 2. The van der Waals surface area contributed by atoms with E-state index in [0.717, 1.165) is 63.7 Å². The molecule has 3 aliphatic heterocycles. The van der Waals surface area contributed by atoms with E-state index in [-0.39, 0.29) is 46.3 Å². The highest BCUT2D eigenvalue weighted by Gasteiger charge is 2.51. The maximum atomic E-state index is 16.2. The average molecular weight is 915 g/mol. The van der Waals surface area contributed by atoms with E-state index in [1.165, 1.54) is 16.2 Å². The first-order chi connectivity index (χ1) is 30.6. The van der Waals surface area contributed by atoms with Crippen molar-refractivity contribution in [2.45, 2.75) is 100 Å². The Hall–Kier alpha value is -5.13. The third kappa shape index (κ3) is 7.50. The highest BCUT2D eigenvalue weighted by atomic mass is 35.5. The van der Waals surface area contributed by atoms with E-state index in [9.17, 15) is 27.6 Å². The zero-order valence-corrected chi connectivity index (χ0v) is 37.9. The maximum Gasteiger partial charge on any atom is 0.329 e. The summed E-state index contributed by atoms with van der Waals surface area (Å²) in [4.78, 5) is 64.7. The van der Waals surface area contributed by atoms with Crippen LogP contribution >= 0.6 is 11.6 Å². The topological polar surface area (TPSA) is 174 Å². The standard InChI is InChI=1S/C46H53ClFN9O6S/c1-26-20-31(6-7-34(26)50-44-49-24-30-21-33(47)43(60)56(41(30)52-44)27(2)29-4-5-29)64(62,63)32-22-46(23-32)14-18-54(19-15-46)25-28-12-16-55(17-13-28)35-8-9-36-40(39(35)48)53(3)45(61)57(36)37-10-11-38(58)51-42(37)59/h6-9,20-21,24,27-29,32,37H,4-5,10-19,22-23,25H2,1-3H3,(H,49,50,52)(H,51,58,59)/t27-,37?/m0/s1. The summed E-state index contributed by atoms with van der Waals surface area (Å²) in [5.74, 6) is -0.246. The number of nitrogens with one attached hydrogen (secondary N) is 2. The van der Waals surface area contributed by atoms with Gasteiger partial charge >= 0.3 is 5.69 Å². The van der Waals surface area contributed by atoms with Gasteiger partial charge < -0.3 is 15.1 Å². The van der Waals surface area contributed by atoms with E-state index < -0.39 is 38.5 Å². The number of nitrogens with zero attached hydrogens (tertiary/aromatic N) is 7. The van der Waals surface area contributed by atoms with Gasteiger partial charge in [0.1, 0.15) is 22.2 Å². The first kappa shape index (κ1) is 42.8. The number of imidazole rings is 1. The number of halogens is 2. The maximum absolute atomic E-state index is 16.2. The van der Waals surface area contributed by atoms with Crippen LogP contribution < -0.4 is 26.8 Å². The van der Waals surface area contributed by atoms with Crippen LogP contribution in [-0.4, -0.2) is 86.8 Å². The van der Waals surface area contributed by atoms with Gasteiger partial charge in [-0.05, 0) is 144 Å². The molecule has 2 N–H and O–H groups in total. The molecule has 3 aromatic heterocycles. The van der Waals surface area contributed by atoms with Gasteiger partial charge in [-0.1, -0.05) is 11.6 Å². The summed E-state index contributed by atoms with van der Waals surface area (Å²) >= 11 is 6.30. The number of anilines is 3. The minimum atomic E-state index is -3.54. The SMILES string of the molecule is Cc1cc(S(=O)(=O)C2CC3(CCN(CC4CCN(c5ccc6c(c5F)n(C)c(=O)n6C5CCC(=O)NC5=O)CC4)CC3)C2)ccc1Nc1ncc2cc(Cl)c(=O)n([C@@H](C)C3CC3)c2n1. The fraction of sp³-hybridized carbons (Fsp3) is 0.522. The Bertz CT molecular complexity index is 2960. The van der Waals surface area contributed by atoms with Crippen molar-refractivity contribution < 1.29 is 22.4 Å². The van der Waals surface area contributed by atoms with Crippen LogP contribution in [0.2, 0.25) is 5.02 Å². The number of amides is 2. The van der Waals surface area contributed by atoms with Gasteiger partial charge in [-0.3, -0.25) is 33.4 Å². The number of pyridine rings is 1. The fourth-order valence-electron chi connectivity index (χ4n) is 10.9. The molecule has 2 aromatic carbocycles. The number of benzene rings is 2. The molecule has 0 bridgehead atoms. The normalized spacial score (nSPS) is 21.7. The molecule has 2 aliphatic carbocycles. The van der Waals surface area contributed by atoms with Gasteiger partial charge in [0.2, 0.25) is 17.8 Å². The number of piperidine rings is 3. The van der Waals surface area contributed by atoms with Crippen LogP contribution in [0.3, 0.4) is 0 Å². The molecule has 10 rings (SSSR count).